The fraction of sp³-hybridized carbons (Fsp3) is 0.417. The van der Waals surface area contributed by atoms with Gasteiger partial charge in [-0.2, -0.15) is 0 Å². The highest BCUT2D eigenvalue weighted by molar-refractivity contribution is 9.10. The van der Waals surface area contributed by atoms with E-state index in [1.807, 2.05) is 0 Å². The molecule has 0 spiro atoms. The Bertz CT molecular complexity index is 437. The van der Waals surface area contributed by atoms with E-state index in [1.54, 1.807) is 23.1 Å². The van der Waals surface area contributed by atoms with Crippen molar-refractivity contribution in [3.05, 3.63) is 28.2 Å². The first-order chi connectivity index (χ1) is 8.02. The number of nitrogens with zero attached hydrogens (tertiary/aromatic N) is 1. The quantitative estimate of drug-likeness (QED) is 0.780. The summed E-state index contributed by atoms with van der Waals surface area (Å²) in [5.74, 6) is -2.67. The van der Waals surface area contributed by atoms with Crippen molar-refractivity contribution in [2.75, 3.05) is 18.0 Å². The second-order valence-corrected chi connectivity index (χ2v) is 5.12. The lowest BCUT2D eigenvalue weighted by Crippen LogP contribution is -2.43. The van der Waals surface area contributed by atoms with Crippen LogP contribution < -0.4 is 4.90 Å². The molecule has 0 unspecified atom stereocenters. The molecule has 0 amide bonds. The fourth-order valence-electron chi connectivity index (χ4n) is 2.06. The standard InChI is InChI=1S/C12H12BrF2NO/c13-10-3-2-9(7-17)11(6-10)16-5-1-4-12(14,15)8-16/h2-3,6-7H,1,4-5,8H2. The first-order valence-electron chi connectivity index (χ1n) is 5.39. The number of hydrogen-bond donors (Lipinski definition) is 0. The Morgan fingerprint density at radius 1 is 1.41 bits per heavy atom. The van der Waals surface area contributed by atoms with Gasteiger partial charge in [-0.3, -0.25) is 4.79 Å². The summed E-state index contributed by atoms with van der Waals surface area (Å²) in [6.45, 7) is 0.247. The van der Waals surface area contributed by atoms with Crippen molar-refractivity contribution in [2.45, 2.75) is 18.8 Å². The van der Waals surface area contributed by atoms with E-state index in [0.29, 0.717) is 30.5 Å². The van der Waals surface area contributed by atoms with Crippen molar-refractivity contribution in [3.63, 3.8) is 0 Å². The zero-order valence-corrected chi connectivity index (χ0v) is 10.7. The number of carbonyl (C=O) groups is 1. The third kappa shape index (κ3) is 2.83. The van der Waals surface area contributed by atoms with Crippen LogP contribution in [-0.2, 0) is 0 Å². The highest BCUT2D eigenvalue weighted by atomic mass is 79.9. The molecule has 1 aromatic carbocycles. The van der Waals surface area contributed by atoms with Gasteiger partial charge in [-0.1, -0.05) is 15.9 Å². The minimum Gasteiger partial charge on any atom is -0.365 e. The summed E-state index contributed by atoms with van der Waals surface area (Å²) in [7, 11) is 0. The number of hydrogen-bond acceptors (Lipinski definition) is 2. The van der Waals surface area contributed by atoms with Crippen LogP contribution in [0.15, 0.2) is 22.7 Å². The van der Waals surface area contributed by atoms with Gasteiger partial charge in [-0.25, -0.2) is 8.78 Å². The number of rotatable bonds is 2. The minimum atomic E-state index is -2.67. The van der Waals surface area contributed by atoms with E-state index in [9.17, 15) is 13.6 Å². The van der Waals surface area contributed by atoms with E-state index < -0.39 is 5.92 Å². The molecule has 17 heavy (non-hydrogen) atoms. The Hall–Kier alpha value is -0.970. The topological polar surface area (TPSA) is 20.3 Å². The third-order valence-corrected chi connectivity index (χ3v) is 3.35. The van der Waals surface area contributed by atoms with Crippen LogP contribution in [-0.4, -0.2) is 25.3 Å². The molecule has 1 saturated heterocycles. The minimum absolute atomic E-state index is 0.0755. The Kier molecular flexibility index (Phi) is 3.47. The van der Waals surface area contributed by atoms with Crippen molar-refractivity contribution in [3.8, 4) is 0 Å². The number of aldehydes is 1. The lowest BCUT2D eigenvalue weighted by molar-refractivity contribution is -0.0117. The van der Waals surface area contributed by atoms with E-state index in [2.05, 4.69) is 15.9 Å². The van der Waals surface area contributed by atoms with Crippen LogP contribution in [0, 0.1) is 0 Å². The van der Waals surface area contributed by atoms with Gasteiger partial charge in [0.1, 0.15) is 0 Å². The Morgan fingerprint density at radius 3 is 2.82 bits per heavy atom. The third-order valence-electron chi connectivity index (χ3n) is 2.85. The molecule has 1 fully saturated rings. The van der Waals surface area contributed by atoms with Gasteiger partial charge in [0.25, 0.3) is 5.92 Å². The van der Waals surface area contributed by atoms with Crippen molar-refractivity contribution < 1.29 is 13.6 Å². The molecule has 0 atom stereocenters. The van der Waals surface area contributed by atoms with Crippen LogP contribution in [0.2, 0.25) is 0 Å². The predicted octanol–water partition coefficient (Wildman–Crippen LogP) is 3.50. The maximum atomic E-state index is 13.3. The molecule has 92 valence electrons. The number of anilines is 1. The maximum absolute atomic E-state index is 13.3. The maximum Gasteiger partial charge on any atom is 0.265 e. The van der Waals surface area contributed by atoms with E-state index in [1.165, 1.54) is 0 Å². The van der Waals surface area contributed by atoms with Gasteiger partial charge in [-0.05, 0) is 24.6 Å². The molecule has 2 nitrogen and oxygen atoms in total. The monoisotopic (exact) mass is 303 g/mol. The molecule has 2 rings (SSSR count). The first-order valence-corrected chi connectivity index (χ1v) is 6.19. The summed E-state index contributed by atoms with van der Waals surface area (Å²) >= 11 is 3.29. The molecule has 0 aromatic heterocycles. The van der Waals surface area contributed by atoms with Gasteiger partial charge in [0.2, 0.25) is 0 Å². The number of alkyl halides is 2. The summed E-state index contributed by atoms with van der Waals surface area (Å²) in [6.07, 6.45) is 1.07. The number of carbonyl (C=O) groups excluding carboxylic acids is 1. The molecule has 1 aliphatic rings. The number of piperidine rings is 1. The summed E-state index contributed by atoms with van der Waals surface area (Å²) in [4.78, 5) is 12.5. The van der Waals surface area contributed by atoms with E-state index in [4.69, 9.17) is 0 Å². The van der Waals surface area contributed by atoms with Gasteiger partial charge >= 0.3 is 0 Å². The van der Waals surface area contributed by atoms with E-state index >= 15 is 0 Å². The average molecular weight is 304 g/mol. The summed E-state index contributed by atoms with van der Waals surface area (Å²) < 4.78 is 27.5. The van der Waals surface area contributed by atoms with Crippen LogP contribution >= 0.6 is 15.9 Å². The van der Waals surface area contributed by atoms with Crippen LogP contribution in [0.1, 0.15) is 23.2 Å². The molecule has 5 heteroatoms. The molecule has 1 heterocycles. The molecule has 0 N–H and O–H groups in total. The molecule has 0 aliphatic carbocycles. The van der Waals surface area contributed by atoms with Crippen molar-refractivity contribution in [1.29, 1.82) is 0 Å². The highest BCUT2D eigenvalue weighted by Gasteiger charge is 2.35. The van der Waals surface area contributed by atoms with Gasteiger partial charge in [-0.15, -0.1) is 0 Å². The average Bonchev–Trinajstić information content (AvgIpc) is 2.27. The summed E-state index contributed by atoms with van der Waals surface area (Å²) in [5.41, 5.74) is 1.03. The van der Waals surface area contributed by atoms with Crippen LogP contribution in [0.4, 0.5) is 14.5 Å². The lowest BCUT2D eigenvalue weighted by Gasteiger charge is -2.34. The normalized spacial score (nSPS) is 19.1. The molecule has 0 radical (unpaired) electrons. The van der Waals surface area contributed by atoms with Crippen molar-refractivity contribution in [1.82, 2.24) is 0 Å². The van der Waals surface area contributed by atoms with E-state index in [0.717, 1.165) is 4.47 Å². The lowest BCUT2D eigenvalue weighted by atomic mass is 10.0. The Morgan fingerprint density at radius 2 is 2.18 bits per heavy atom. The Labute approximate surface area is 107 Å². The van der Waals surface area contributed by atoms with Gasteiger partial charge in [0.05, 0.1) is 6.54 Å². The number of benzene rings is 1. The van der Waals surface area contributed by atoms with Gasteiger partial charge < -0.3 is 4.90 Å². The zero-order valence-electron chi connectivity index (χ0n) is 9.13. The van der Waals surface area contributed by atoms with Crippen LogP contribution in [0.5, 0.6) is 0 Å². The molecular weight excluding hydrogens is 292 g/mol. The van der Waals surface area contributed by atoms with Gasteiger partial charge in [0.15, 0.2) is 6.29 Å². The molecular formula is C12H12BrF2NO. The zero-order chi connectivity index (χ0) is 12.5. The second-order valence-electron chi connectivity index (χ2n) is 4.20. The van der Waals surface area contributed by atoms with Crippen molar-refractivity contribution >= 4 is 27.9 Å². The molecule has 0 saturated carbocycles. The first kappa shape index (κ1) is 12.5. The van der Waals surface area contributed by atoms with Gasteiger partial charge in [0, 0.05) is 28.7 Å². The van der Waals surface area contributed by atoms with E-state index in [-0.39, 0.29) is 13.0 Å². The molecule has 0 bridgehead atoms. The second kappa shape index (κ2) is 4.72. The fourth-order valence-corrected chi connectivity index (χ4v) is 2.41. The largest absolute Gasteiger partial charge is 0.365 e. The number of halogens is 3. The predicted molar refractivity (Wildman–Crippen MR) is 65.9 cm³/mol. The Balaban J connectivity index is 2.32. The SMILES string of the molecule is O=Cc1ccc(Br)cc1N1CCCC(F)(F)C1. The summed E-state index contributed by atoms with van der Waals surface area (Å²) in [6, 6.07) is 5.08. The van der Waals surface area contributed by atoms with Crippen LogP contribution in [0.25, 0.3) is 0 Å². The smallest absolute Gasteiger partial charge is 0.265 e. The molecule has 1 aromatic rings. The molecule has 1 aliphatic heterocycles. The van der Waals surface area contributed by atoms with Crippen molar-refractivity contribution in [2.24, 2.45) is 0 Å². The van der Waals surface area contributed by atoms with Crippen LogP contribution in [0.3, 0.4) is 0 Å². The summed E-state index contributed by atoms with van der Waals surface area (Å²) in [5, 5.41) is 0. The highest BCUT2D eigenvalue weighted by Crippen LogP contribution is 2.32.